The number of nitrogens with one attached hydrogen (secondary N) is 2. The number of benzene rings is 2. The van der Waals surface area contributed by atoms with Crippen LogP contribution in [0.25, 0.3) is 0 Å². The summed E-state index contributed by atoms with van der Waals surface area (Å²) in [5.74, 6) is 0.259. The molecule has 3 aliphatic rings. The van der Waals surface area contributed by atoms with Crippen molar-refractivity contribution in [2.24, 2.45) is 21.6 Å². The lowest BCUT2D eigenvalue weighted by atomic mass is 10.0. The first-order valence-electron chi connectivity index (χ1n) is 15.3. The van der Waals surface area contributed by atoms with E-state index in [9.17, 15) is 13.2 Å². The zero-order valence-electron chi connectivity index (χ0n) is 26.5. The van der Waals surface area contributed by atoms with Crippen LogP contribution in [0.4, 0.5) is 5.69 Å². The highest BCUT2D eigenvalue weighted by Gasteiger charge is 2.22. The Morgan fingerprint density at radius 1 is 1.04 bits per heavy atom. The molecule has 5 rings (SSSR count). The smallest absolute Gasteiger partial charge is 0.278 e. The number of anilines is 1. The number of ether oxygens (including phenoxy) is 4. The van der Waals surface area contributed by atoms with Gasteiger partial charge in [-0.3, -0.25) is 4.79 Å². The van der Waals surface area contributed by atoms with Crippen molar-refractivity contribution < 1.29 is 32.2 Å². The van der Waals surface area contributed by atoms with Gasteiger partial charge < -0.3 is 35.3 Å². The molecule has 0 unspecified atom stereocenters. The average Bonchev–Trinajstić information content (AvgIpc) is 3.06. The van der Waals surface area contributed by atoms with Crippen LogP contribution in [0.1, 0.15) is 30.9 Å². The first-order valence-corrected chi connectivity index (χ1v) is 16.7. The molecule has 0 saturated carbocycles. The number of hydrogen-bond donors (Lipinski definition) is 3. The van der Waals surface area contributed by atoms with Crippen LogP contribution in [0, 0.1) is 5.92 Å². The molecule has 2 bridgehead atoms. The number of likely N-dealkylation sites (N-methyl/N-ethyl adjacent to an activating group) is 1. The van der Waals surface area contributed by atoms with Crippen LogP contribution in [0.2, 0.25) is 0 Å². The predicted molar refractivity (Wildman–Crippen MR) is 177 cm³/mol. The molecule has 0 aliphatic carbocycles. The number of para-hydroxylation sites is 1. The summed E-state index contributed by atoms with van der Waals surface area (Å²) < 4.78 is 50.3. The van der Waals surface area contributed by atoms with Gasteiger partial charge in [-0.05, 0) is 62.7 Å². The van der Waals surface area contributed by atoms with Crippen molar-refractivity contribution in [3.63, 3.8) is 0 Å². The van der Waals surface area contributed by atoms with E-state index in [1.807, 2.05) is 12.1 Å². The SMILES string of the molecule is C=N/C(N)=C1\N=C(/C)c2ccc(cc2)S(=O)(=O)N(C)CCOCCOCCOc2c(CNCC3CCOCC3)cccc2NC1=O. The molecule has 13 nitrogen and oxygen atoms in total. The van der Waals surface area contributed by atoms with Gasteiger partial charge in [0.15, 0.2) is 11.5 Å². The molecule has 3 aliphatic heterocycles. The predicted octanol–water partition coefficient (Wildman–Crippen LogP) is 2.53. The molecule has 2 aromatic carbocycles. The van der Waals surface area contributed by atoms with E-state index in [-0.39, 0.29) is 42.8 Å². The van der Waals surface area contributed by atoms with Crippen LogP contribution in [0.5, 0.6) is 5.75 Å². The normalized spacial score (nSPS) is 21.8. The standard InChI is InChI=1S/C32H44N6O7S/c1-23-25-7-9-27(10-8-25)46(40,41)38(3)13-16-43-17-18-44-19-20-45-30-26(22-35-21-24-11-14-42-15-12-24)5-4-6-28(30)37-32(39)29(36-23)31(33)34-2/h4-10,24,35H,2,11-22,33H2,1,3H3,(H,37,39)/b31-29-,36-23+. The van der Waals surface area contributed by atoms with Crippen LogP contribution in [0.3, 0.4) is 0 Å². The van der Waals surface area contributed by atoms with E-state index in [1.54, 1.807) is 25.1 Å². The summed E-state index contributed by atoms with van der Waals surface area (Å²) in [6.07, 6.45) is 2.03. The number of hydrogen-bond acceptors (Lipinski definition) is 11. The number of rotatable bonds is 5. The molecular formula is C32H44N6O7S. The number of aliphatic imine (C=N–C) groups is 2. The zero-order chi connectivity index (χ0) is 32.9. The van der Waals surface area contributed by atoms with Crippen LogP contribution in [-0.2, 0) is 35.6 Å². The molecule has 0 atom stereocenters. The van der Waals surface area contributed by atoms with Crippen LogP contribution < -0.4 is 21.1 Å². The van der Waals surface area contributed by atoms with E-state index < -0.39 is 15.9 Å². The second-order valence-electron chi connectivity index (χ2n) is 10.9. The minimum absolute atomic E-state index is 0.118. The average molecular weight is 657 g/mol. The molecule has 14 heteroatoms. The summed E-state index contributed by atoms with van der Waals surface area (Å²) >= 11 is 0. The Morgan fingerprint density at radius 2 is 1.72 bits per heavy atom. The lowest BCUT2D eigenvalue weighted by Crippen LogP contribution is -2.30. The minimum atomic E-state index is -3.74. The van der Waals surface area contributed by atoms with E-state index in [2.05, 4.69) is 27.3 Å². The molecule has 2 aromatic rings. The van der Waals surface area contributed by atoms with Gasteiger partial charge in [-0.2, -0.15) is 4.31 Å². The van der Waals surface area contributed by atoms with Gasteiger partial charge in [0.05, 0.1) is 37.0 Å². The maximum atomic E-state index is 13.6. The van der Waals surface area contributed by atoms with Crippen molar-refractivity contribution in [3.05, 3.63) is 65.1 Å². The summed E-state index contributed by atoms with van der Waals surface area (Å²) in [6.45, 7) is 9.55. The first-order chi connectivity index (χ1) is 22.2. The number of carbonyl (C=O) groups is 1. The fourth-order valence-corrected chi connectivity index (χ4v) is 6.11. The van der Waals surface area contributed by atoms with Crippen molar-refractivity contribution in [2.75, 3.05) is 71.7 Å². The third-order valence-electron chi connectivity index (χ3n) is 7.72. The Hall–Kier alpha value is -3.66. The van der Waals surface area contributed by atoms with Gasteiger partial charge in [-0.15, -0.1) is 0 Å². The van der Waals surface area contributed by atoms with Gasteiger partial charge in [-0.1, -0.05) is 24.3 Å². The fraction of sp³-hybridized carbons (Fsp3) is 0.469. The molecule has 0 radical (unpaired) electrons. The van der Waals surface area contributed by atoms with Crippen molar-refractivity contribution in [1.29, 1.82) is 0 Å². The van der Waals surface area contributed by atoms with Gasteiger partial charge in [0.2, 0.25) is 10.0 Å². The minimum Gasteiger partial charge on any atom is -0.489 e. The molecule has 4 N–H and O–H groups in total. The van der Waals surface area contributed by atoms with E-state index in [4.69, 9.17) is 24.7 Å². The highest BCUT2D eigenvalue weighted by molar-refractivity contribution is 7.89. The Labute approximate surface area is 270 Å². The molecule has 46 heavy (non-hydrogen) atoms. The monoisotopic (exact) mass is 656 g/mol. The molecule has 250 valence electrons. The highest BCUT2D eigenvalue weighted by atomic mass is 32.2. The van der Waals surface area contributed by atoms with Crippen molar-refractivity contribution in [1.82, 2.24) is 9.62 Å². The largest absolute Gasteiger partial charge is 0.489 e. The second kappa shape index (κ2) is 17.3. The molecule has 0 aromatic heterocycles. The van der Waals surface area contributed by atoms with Crippen LogP contribution >= 0.6 is 0 Å². The van der Waals surface area contributed by atoms with E-state index in [1.165, 1.54) is 23.5 Å². The van der Waals surface area contributed by atoms with Crippen molar-refractivity contribution in [3.8, 4) is 5.75 Å². The topological polar surface area (TPSA) is 166 Å². The Balaban J connectivity index is 1.62. The first kappa shape index (κ1) is 35.2. The van der Waals surface area contributed by atoms with E-state index >= 15 is 0 Å². The number of fused-ring (bicyclic) bond motifs is 15. The summed E-state index contributed by atoms with van der Waals surface area (Å²) in [7, 11) is -2.24. The summed E-state index contributed by atoms with van der Waals surface area (Å²) in [5.41, 5.74) is 8.24. The number of amides is 1. The van der Waals surface area contributed by atoms with Crippen LogP contribution in [0.15, 0.2) is 68.9 Å². The van der Waals surface area contributed by atoms with E-state index in [0.717, 1.165) is 38.2 Å². The van der Waals surface area contributed by atoms with Gasteiger partial charge in [0.1, 0.15) is 12.4 Å². The Kier molecular flexibility index (Phi) is 13.2. The number of sulfonamides is 1. The van der Waals surface area contributed by atoms with Crippen molar-refractivity contribution >= 4 is 34.0 Å². The lowest BCUT2D eigenvalue weighted by Gasteiger charge is -2.23. The maximum absolute atomic E-state index is 13.6. The molecule has 1 amide bonds. The van der Waals surface area contributed by atoms with Crippen molar-refractivity contribution in [2.45, 2.75) is 31.2 Å². The summed E-state index contributed by atoms with van der Waals surface area (Å²) in [6, 6.07) is 11.7. The Morgan fingerprint density at radius 3 is 2.43 bits per heavy atom. The van der Waals surface area contributed by atoms with Gasteiger partial charge in [0.25, 0.3) is 5.91 Å². The number of carbonyl (C=O) groups excluding carboxylic acids is 1. The lowest BCUT2D eigenvalue weighted by molar-refractivity contribution is -0.113. The van der Waals surface area contributed by atoms with Gasteiger partial charge in [-0.25, -0.2) is 18.4 Å². The number of nitrogens with two attached hydrogens (primary N) is 1. The molecular weight excluding hydrogens is 612 g/mol. The highest BCUT2D eigenvalue weighted by Crippen LogP contribution is 2.30. The Bertz CT molecular complexity index is 1510. The van der Waals surface area contributed by atoms with Gasteiger partial charge in [0, 0.05) is 44.6 Å². The van der Waals surface area contributed by atoms with Crippen LogP contribution in [-0.4, -0.2) is 97.4 Å². The van der Waals surface area contributed by atoms with Gasteiger partial charge >= 0.3 is 0 Å². The quantitative estimate of drug-likeness (QED) is 0.249. The molecule has 3 heterocycles. The second-order valence-corrected chi connectivity index (χ2v) is 13.0. The third-order valence-corrected chi connectivity index (χ3v) is 9.59. The molecule has 0 spiro atoms. The van der Waals surface area contributed by atoms with E-state index in [0.29, 0.717) is 48.4 Å². The maximum Gasteiger partial charge on any atom is 0.278 e. The molecule has 1 fully saturated rings. The zero-order valence-corrected chi connectivity index (χ0v) is 27.3. The number of nitrogens with zero attached hydrogens (tertiary/aromatic N) is 3. The fourth-order valence-electron chi connectivity index (χ4n) is 4.95. The summed E-state index contributed by atoms with van der Waals surface area (Å²) in [5, 5.41) is 6.41. The summed E-state index contributed by atoms with van der Waals surface area (Å²) in [4.78, 5) is 22.0. The molecule has 1 saturated heterocycles. The third kappa shape index (κ3) is 9.67.